The molecule has 1 aliphatic heterocycles. The summed E-state index contributed by atoms with van der Waals surface area (Å²) in [7, 11) is 0. The maximum Gasteiger partial charge on any atom is 0.161 e. The molecule has 0 amide bonds. The quantitative estimate of drug-likeness (QED) is 0.459. The van der Waals surface area contributed by atoms with Gasteiger partial charge >= 0.3 is 0 Å². The lowest BCUT2D eigenvalue weighted by atomic mass is 10.2. The zero-order chi connectivity index (χ0) is 5.40. The lowest BCUT2D eigenvalue weighted by molar-refractivity contribution is 0.0701. The molecule has 8 heavy (non-hydrogen) atoms. The smallest absolute Gasteiger partial charge is 0.161 e. The molecule has 2 heteroatoms. The average Bonchev–Trinajstić information content (AvgIpc) is 1.72. The average molecular weight is 110 g/mol. The van der Waals surface area contributed by atoms with E-state index in [9.17, 15) is 0 Å². The van der Waals surface area contributed by atoms with Gasteiger partial charge in [0, 0.05) is 0 Å². The van der Waals surface area contributed by atoms with Gasteiger partial charge in [-0.15, -0.1) is 0 Å². The van der Waals surface area contributed by atoms with E-state index in [1.54, 1.807) is 0 Å². The SMILES string of the molecule is C1=CC2=C1OCCO2. The van der Waals surface area contributed by atoms with Crippen LogP contribution in [0.5, 0.6) is 0 Å². The highest BCUT2D eigenvalue weighted by molar-refractivity contribution is 5.37. The summed E-state index contributed by atoms with van der Waals surface area (Å²) in [6.45, 7) is 1.40. The molecule has 2 rings (SSSR count). The Morgan fingerprint density at radius 3 is 1.75 bits per heavy atom. The highest BCUT2D eigenvalue weighted by atomic mass is 16.6. The molecule has 0 fully saturated rings. The predicted molar refractivity (Wildman–Crippen MR) is 28.1 cm³/mol. The lowest BCUT2D eigenvalue weighted by Gasteiger charge is -2.22. The van der Waals surface area contributed by atoms with E-state index in [1.807, 2.05) is 12.2 Å². The molecule has 0 aromatic rings. The van der Waals surface area contributed by atoms with Gasteiger partial charge in [-0.2, -0.15) is 0 Å². The molecule has 42 valence electrons. The molecule has 0 N–H and O–H groups in total. The number of hydrogen-bond acceptors (Lipinski definition) is 2. The molecule has 0 unspecified atom stereocenters. The van der Waals surface area contributed by atoms with Crippen LogP contribution in [0.15, 0.2) is 23.7 Å². The van der Waals surface area contributed by atoms with Crippen LogP contribution in [0.4, 0.5) is 0 Å². The Morgan fingerprint density at radius 2 is 1.50 bits per heavy atom. The summed E-state index contributed by atoms with van der Waals surface area (Å²) in [5, 5.41) is 0. The fraction of sp³-hybridized carbons (Fsp3) is 0.333. The van der Waals surface area contributed by atoms with Crippen LogP contribution in [0.3, 0.4) is 0 Å². The van der Waals surface area contributed by atoms with Crippen LogP contribution in [-0.2, 0) is 9.47 Å². The number of ether oxygens (including phenoxy) is 2. The van der Waals surface area contributed by atoms with Gasteiger partial charge in [0.1, 0.15) is 13.2 Å². The van der Waals surface area contributed by atoms with Gasteiger partial charge in [0.25, 0.3) is 0 Å². The van der Waals surface area contributed by atoms with Gasteiger partial charge in [-0.1, -0.05) is 0 Å². The molecule has 0 aromatic heterocycles. The zero-order valence-electron chi connectivity index (χ0n) is 4.39. The molecule has 1 heterocycles. The predicted octanol–water partition coefficient (Wildman–Crippen LogP) is 0.815. The molecule has 0 saturated carbocycles. The fourth-order valence-electron chi connectivity index (χ4n) is 0.761. The third-order valence-corrected chi connectivity index (χ3v) is 1.23. The van der Waals surface area contributed by atoms with Crippen molar-refractivity contribution in [3.05, 3.63) is 23.7 Å². The van der Waals surface area contributed by atoms with E-state index in [0.717, 1.165) is 11.5 Å². The van der Waals surface area contributed by atoms with Crippen LogP contribution in [-0.4, -0.2) is 13.2 Å². The van der Waals surface area contributed by atoms with Crippen LogP contribution in [0, 0.1) is 0 Å². The van der Waals surface area contributed by atoms with Gasteiger partial charge in [0.15, 0.2) is 11.5 Å². The summed E-state index contributed by atoms with van der Waals surface area (Å²) in [5.41, 5.74) is 0. The van der Waals surface area contributed by atoms with Crippen molar-refractivity contribution in [3.63, 3.8) is 0 Å². The van der Waals surface area contributed by atoms with Crippen molar-refractivity contribution in [3.8, 4) is 0 Å². The maximum absolute atomic E-state index is 5.14. The van der Waals surface area contributed by atoms with Crippen molar-refractivity contribution in [2.24, 2.45) is 0 Å². The van der Waals surface area contributed by atoms with Crippen molar-refractivity contribution < 1.29 is 9.47 Å². The van der Waals surface area contributed by atoms with Crippen LogP contribution in [0.25, 0.3) is 0 Å². The van der Waals surface area contributed by atoms with Crippen LogP contribution in [0.1, 0.15) is 0 Å². The first-order chi connectivity index (χ1) is 3.97. The normalized spacial score (nSPS) is 23.0. The molecular weight excluding hydrogens is 104 g/mol. The lowest BCUT2D eigenvalue weighted by Crippen LogP contribution is -2.15. The van der Waals surface area contributed by atoms with E-state index in [-0.39, 0.29) is 0 Å². The molecular formula is C6H6O2. The fourth-order valence-corrected chi connectivity index (χ4v) is 0.761. The molecule has 0 atom stereocenters. The summed E-state index contributed by atoms with van der Waals surface area (Å²) in [6.07, 6.45) is 3.82. The Morgan fingerprint density at radius 1 is 1.00 bits per heavy atom. The van der Waals surface area contributed by atoms with Gasteiger partial charge in [0.05, 0.1) is 0 Å². The second kappa shape index (κ2) is 1.28. The Labute approximate surface area is 47.4 Å². The Bertz CT molecular complexity index is 149. The first-order valence-electron chi connectivity index (χ1n) is 2.65. The van der Waals surface area contributed by atoms with Gasteiger partial charge in [0.2, 0.25) is 0 Å². The number of allylic oxidation sites excluding steroid dienone is 2. The van der Waals surface area contributed by atoms with Gasteiger partial charge in [-0.05, 0) is 12.2 Å². The van der Waals surface area contributed by atoms with Crippen molar-refractivity contribution in [2.75, 3.05) is 13.2 Å². The van der Waals surface area contributed by atoms with E-state index >= 15 is 0 Å². The van der Waals surface area contributed by atoms with Crippen LogP contribution < -0.4 is 0 Å². The molecule has 0 radical (unpaired) electrons. The first kappa shape index (κ1) is 4.01. The number of rotatable bonds is 0. The zero-order valence-corrected chi connectivity index (χ0v) is 4.39. The van der Waals surface area contributed by atoms with Gasteiger partial charge in [-0.3, -0.25) is 0 Å². The molecule has 2 nitrogen and oxygen atoms in total. The van der Waals surface area contributed by atoms with E-state index in [1.165, 1.54) is 0 Å². The maximum atomic E-state index is 5.14. The minimum Gasteiger partial charge on any atom is -0.486 e. The van der Waals surface area contributed by atoms with E-state index in [0.29, 0.717) is 13.2 Å². The summed E-state index contributed by atoms with van der Waals surface area (Å²) >= 11 is 0. The molecule has 1 aliphatic carbocycles. The first-order valence-corrected chi connectivity index (χ1v) is 2.65. The summed E-state index contributed by atoms with van der Waals surface area (Å²) < 4.78 is 10.3. The molecule has 0 aromatic carbocycles. The van der Waals surface area contributed by atoms with Crippen molar-refractivity contribution >= 4 is 0 Å². The molecule has 0 saturated heterocycles. The largest absolute Gasteiger partial charge is 0.486 e. The Balaban J connectivity index is 2.20. The highest BCUT2D eigenvalue weighted by Gasteiger charge is 2.16. The summed E-state index contributed by atoms with van der Waals surface area (Å²) in [6, 6.07) is 0. The molecule has 0 bridgehead atoms. The van der Waals surface area contributed by atoms with E-state index in [4.69, 9.17) is 9.47 Å². The second-order valence-corrected chi connectivity index (χ2v) is 1.76. The number of hydrogen-bond donors (Lipinski definition) is 0. The van der Waals surface area contributed by atoms with Crippen molar-refractivity contribution in [1.82, 2.24) is 0 Å². The monoisotopic (exact) mass is 110 g/mol. The third-order valence-electron chi connectivity index (χ3n) is 1.23. The minimum atomic E-state index is 0.698. The molecule has 0 spiro atoms. The third kappa shape index (κ3) is 0.372. The van der Waals surface area contributed by atoms with Crippen molar-refractivity contribution in [1.29, 1.82) is 0 Å². The van der Waals surface area contributed by atoms with Crippen molar-refractivity contribution in [2.45, 2.75) is 0 Å². The van der Waals surface area contributed by atoms with E-state index < -0.39 is 0 Å². The van der Waals surface area contributed by atoms with Crippen LogP contribution in [0.2, 0.25) is 0 Å². The van der Waals surface area contributed by atoms with Gasteiger partial charge < -0.3 is 9.47 Å². The summed E-state index contributed by atoms with van der Waals surface area (Å²) in [5.74, 6) is 1.83. The Kier molecular flexibility index (Phi) is 0.640. The Hall–Kier alpha value is -0.920. The second-order valence-electron chi connectivity index (χ2n) is 1.76. The minimum absolute atomic E-state index is 0.698. The summed E-state index contributed by atoms with van der Waals surface area (Å²) in [4.78, 5) is 0. The van der Waals surface area contributed by atoms with E-state index in [2.05, 4.69) is 0 Å². The highest BCUT2D eigenvalue weighted by Crippen LogP contribution is 2.23. The standard InChI is InChI=1S/C6H6O2/c1-2-6-5(1)7-3-4-8-6/h1-2H,3-4H2. The topological polar surface area (TPSA) is 18.5 Å². The molecule has 2 aliphatic rings. The van der Waals surface area contributed by atoms with Gasteiger partial charge in [-0.25, -0.2) is 0 Å². The van der Waals surface area contributed by atoms with Crippen LogP contribution >= 0.6 is 0 Å².